The first-order valence-electron chi connectivity index (χ1n) is 11.8. The minimum absolute atomic E-state index is 0.00510. The Hall–Kier alpha value is -2.81. The Balaban J connectivity index is 1.18. The zero-order valence-corrected chi connectivity index (χ0v) is 19.4. The van der Waals surface area contributed by atoms with Gasteiger partial charge in [0.05, 0.1) is 23.6 Å². The van der Waals surface area contributed by atoms with E-state index in [0.29, 0.717) is 18.8 Å². The van der Waals surface area contributed by atoms with E-state index in [0.717, 1.165) is 44.8 Å². The molecule has 1 N–H and O–H groups in total. The highest BCUT2D eigenvalue weighted by molar-refractivity contribution is 5.77. The molecule has 1 aromatic carbocycles. The molecule has 2 fully saturated rings. The number of halogens is 3. The Morgan fingerprint density at radius 1 is 1.09 bits per heavy atom. The minimum atomic E-state index is -4.42. The van der Waals surface area contributed by atoms with Crippen molar-refractivity contribution in [3.63, 3.8) is 0 Å². The summed E-state index contributed by atoms with van der Waals surface area (Å²) >= 11 is 0. The number of aromatic nitrogens is 1. The molecule has 0 spiro atoms. The minimum Gasteiger partial charge on any atom is -0.381 e. The maximum Gasteiger partial charge on any atom is 0.418 e. The maximum absolute atomic E-state index is 13.1. The molecule has 9 heteroatoms. The highest BCUT2D eigenvalue weighted by atomic mass is 19.4. The van der Waals surface area contributed by atoms with Crippen LogP contribution in [-0.2, 0) is 15.7 Å². The van der Waals surface area contributed by atoms with E-state index in [1.54, 1.807) is 0 Å². The molecule has 1 aliphatic heterocycles. The lowest BCUT2D eigenvalue weighted by atomic mass is 9.92. The number of pyridine rings is 1. The summed E-state index contributed by atoms with van der Waals surface area (Å²) in [7, 11) is 0. The van der Waals surface area contributed by atoms with E-state index in [1.165, 1.54) is 18.8 Å². The van der Waals surface area contributed by atoms with Gasteiger partial charge in [-0.2, -0.15) is 13.2 Å². The summed E-state index contributed by atoms with van der Waals surface area (Å²) in [6, 6.07) is 11.4. The summed E-state index contributed by atoms with van der Waals surface area (Å²) in [5.74, 6) is 0.0124. The number of para-hydroxylation sites is 1. The monoisotopic (exact) mass is 476 g/mol. The van der Waals surface area contributed by atoms with Gasteiger partial charge in [-0.3, -0.25) is 9.78 Å². The molecule has 2 aromatic rings. The number of benzene rings is 1. The Morgan fingerprint density at radius 2 is 1.76 bits per heavy atom. The molecule has 1 aromatic heterocycles. The van der Waals surface area contributed by atoms with Crippen LogP contribution in [0.25, 0.3) is 0 Å². The van der Waals surface area contributed by atoms with Crippen LogP contribution in [0.2, 0.25) is 0 Å². The second kappa shape index (κ2) is 10.6. The van der Waals surface area contributed by atoms with Crippen LogP contribution in [0.4, 0.5) is 24.5 Å². The summed E-state index contributed by atoms with van der Waals surface area (Å²) < 4.78 is 45.3. The van der Waals surface area contributed by atoms with Gasteiger partial charge >= 0.3 is 6.18 Å². The number of hydrogen-bond donors (Lipinski definition) is 1. The summed E-state index contributed by atoms with van der Waals surface area (Å²) in [5, 5.41) is 3.18. The molecule has 1 aliphatic carbocycles. The molecule has 0 radical (unpaired) electrons. The van der Waals surface area contributed by atoms with Crippen molar-refractivity contribution < 1.29 is 22.7 Å². The first-order chi connectivity index (χ1) is 16.3. The molecule has 2 heterocycles. The van der Waals surface area contributed by atoms with Gasteiger partial charge < -0.3 is 19.9 Å². The van der Waals surface area contributed by atoms with Crippen LogP contribution in [0.15, 0.2) is 42.6 Å². The van der Waals surface area contributed by atoms with Gasteiger partial charge in [-0.15, -0.1) is 0 Å². The highest BCUT2D eigenvalue weighted by Crippen LogP contribution is 2.33. The topological polar surface area (TPSA) is 57.7 Å². The number of alkyl halides is 3. The molecule has 1 amide bonds. The van der Waals surface area contributed by atoms with Crippen LogP contribution in [0.1, 0.15) is 36.9 Å². The van der Waals surface area contributed by atoms with Crippen molar-refractivity contribution >= 4 is 17.3 Å². The zero-order chi connectivity index (χ0) is 24.1. The third-order valence-corrected chi connectivity index (χ3v) is 6.63. The zero-order valence-electron chi connectivity index (χ0n) is 19.4. The third-order valence-electron chi connectivity index (χ3n) is 6.63. The lowest BCUT2D eigenvalue weighted by Gasteiger charge is -2.36. The van der Waals surface area contributed by atoms with E-state index in [-0.39, 0.29) is 30.4 Å². The predicted molar refractivity (Wildman–Crippen MR) is 125 cm³/mol. The predicted octanol–water partition coefficient (Wildman–Crippen LogP) is 4.50. The van der Waals surface area contributed by atoms with Crippen molar-refractivity contribution in [2.24, 2.45) is 0 Å². The van der Waals surface area contributed by atoms with Crippen molar-refractivity contribution in [1.29, 1.82) is 0 Å². The van der Waals surface area contributed by atoms with Gasteiger partial charge in [-0.1, -0.05) is 18.2 Å². The van der Waals surface area contributed by atoms with E-state index < -0.39 is 11.7 Å². The van der Waals surface area contributed by atoms with Crippen molar-refractivity contribution in [3.05, 3.63) is 53.9 Å². The van der Waals surface area contributed by atoms with E-state index in [9.17, 15) is 18.0 Å². The molecule has 0 unspecified atom stereocenters. The van der Waals surface area contributed by atoms with Gasteiger partial charge in [0.15, 0.2) is 0 Å². The SMILES string of the molecule is Cc1ncc(NC2CCC(OCC(=O)N3CCN(c4ccccc4)CC3)CC2)cc1C(F)(F)F. The van der Waals surface area contributed by atoms with E-state index >= 15 is 0 Å². The van der Waals surface area contributed by atoms with Crippen LogP contribution in [-0.4, -0.2) is 60.7 Å². The van der Waals surface area contributed by atoms with Gasteiger partial charge in [0.25, 0.3) is 0 Å². The molecule has 0 atom stereocenters. The summed E-state index contributed by atoms with van der Waals surface area (Å²) in [6.07, 6.45) is 0.0865. The first-order valence-corrected chi connectivity index (χ1v) is 11.8. The van der Waals surface area contributed by atoms with Crippen LogP contribution in [0.3, 0.4) is 0 Å². The number of nitrogens with one attached hydrogen (secondary N) is 1. The van der Waals surface area contributed by atoms with E-state index in [1.807, 2.05) is 23.1 Å². The highest BCUT2D eigenvalue weighted by Gasteiger charge is 2.33. The lowest BCUT2D eigenvalue weighted by Crippen LogP contribution is -2.50. The molecular formula is C25H31F3N4O2. The number of nitrogens with zero attached hydrogens (tertiary/aromatic N) is 3. The van der Waals surface area contributed by atoms with Gasteiger partial charge in [-0.05, 0) is 50.8 Å². The maximum atomic E-state index is 13.1. The van der Waals surface area contributed by atoms with E-state index in [2.05, 4.69) is 27.3 Å². The van der Waals surface area contributed by atoms with Gasteiger partial charge in [-0.25, -0.2) is 0 Å². The number of amides is 1. The smallest absolute Gasteiger partial charge is 0.381 e. The molecule has 2 aliphatic rings. The standard InChI is InChI=1S/C25H31F3N4O2/c1-18-23(25(26,27)28)15-20(16-29-18)30-19-7-9-22(10-8-19)34-17-24(33)32-13-11-31(12-14-32)21-5-3-2-4-6-21/h2-6,15-16,19,22,30H,7-14,17H2,1H3. The van der Waals surface area contributed by atoms with Gasteiger partial charge in [0.2, 0.25) is 5.91 Å². The fourth-order valence-corrected chi connectivity index (χ4v) is 4.64. The van der Waals surface area contributed by atoms with Crippen LogP contribution < -0.4 is 10.2 Å². The number of carbonyl (C=O) groups excluding carboxylic acids is 1. The summed E-state index contributed by atoms with van der Waals surface area (Å²) in [5.41, 5.74) is 0.818. The van der Waals surface area contributed by atoms with Crippen LogP contribution >= 0.6 is 0 Å². The molecule has 1 saturated carbocycles. The Bertz CT molecular complexity index is 954. The second-order valence-corrected chi connectivity index (χ2v) is 8.99. The number of piperazine rings is 1. The third kappa shape index (κ3) is 6.20. The average Bonchev–Trinajstić information content (AvgIpc) is 2.84. The molecule has 1 saturated heterocycles. The fourth-order valence-electron chi connectivity index (χ4n) is 4.64. The summed E-state index contributed by atoms with van der Waals surface area (Å²) in [6.45, 7) is 4.40. The van der Waals surface area contributed by atoms with Gasteiger partial charge in [0.1, 0.15) is 6.61 Å². The number of ether oxygens (including phenoxy) is 1. The number of aryl methyl sites for hydroxylation is 1. The number of hydrogen-bond acceptors (Lipinski definition) is 5. The Labute approximate surface area is 198 Å². The molecule has 34 heavy (non-hydrogen) atoms. The van der Waals surface area contributed by atoms with Crippen molar-refractivity contribution in [2.45, 2.75) is 50.9 Å². The van der Waals surface area contributed by atoms with Crippen molar-refractivity contribution in [3.8, 4) is 0 Å². The molecule has 4 rings (SSSR count). The van der Waals surface area contributed by atoms with E-state index in [4.69, 9.17) is 4.74 Å². The van der Waals surface area contributed by atoms with Crippen molar-refractivity contribution in [1.82, 2.24) is 9.88 Å². The lowest BCUT2D eigenvalue weighted by molar-refractivity contribution is -0.139. The quantitative estimate of drug-likeness (QED) is 0.666. The number of anilines is 2. The second-order valence-electron chi connectivity index (χ2n) is 8.99. The van der Waals surface area contributed by atoms with Crippen molar-refractivity contribution in [2.75, 3.05) is 43.0 Å². The Morgan fingerprint density at radius 3 is 2.41 bits per heavy atom. The molecular weight excluding hydrogens is 445 g/mol. The van der Waals surface area contributed by atoms with Gasteiger partial charge in [0, 0.05) is 43.6 Å². The van der Waals surface area contributed by atoms with Crippen LogP contribution in [0, 0.1) is 6.92 Å². The average molecular weight is 477 g/mol. The Kier molecular flexibility index (Phi) is 7.60. The van der Waals surface area contributed by atoms with Crippen LogP contribution in [0.5, 0.6) is 0 Å². The summed E-state index contributed by atoms with van der Waals surface area (Å²) in [4.78, 5) is 20.6. The fraction of sp³-hybridized carbons (Fsp3) is 0.520. The first kappa shape index (κ1) is 24.3. The molecule has 184 valence electrons. The normalized spacial score (nSPS) is 21.4. The molecule has 6 nitrogen and oxygen atoms in total. The number of rotatable bonds is 6. The molecule has 0 bridgehead atoms. The number of carbonyl (C=O) groups is 1. The largest absolute Gasteiger partial charge is 0.418 e.